The number of hydrogen-bond acceptors (Lipinski definition) is 6. The number of carboxylic acid groups (broad SMARTS) is 2. The lowest BCUT2D eigenvalue weighted by Gasteiger charge is -2.25. The molecule has 0 saturated heterocycles. The number of aliphatic carboxylic acids is 2. The van der Waals surface area contributed by atoms with Crippen molar-refractivity contribution >= 4 is 29.7 Å². The molecule has 11 heteroatoms. The molecule has 0 spiro atoms. The Morgan fingerprint density at radius 3 is 1.82 bits per heavy atom. The van der Waals surface area contributed by atoms with E-state index < -0.39 is 54.3 Å². The SMILES string of the molecule is CC(C)C(NC(=O)C(NC(=O)CNC(=O)C(N)CCC(=O)O)C(C)C)C(=O)O. The maximum Gasteiger partial charge on any atom is 0.326 e. The molecule has 0 aliphatic carbocycles. The van der Waals surface area contributed by atoms with Gasteiger partial charge in [-0.15, -0.1) is 0 Å². The van der Waals surface area contributed by atoms with Crippen LogP contribution in [0, 0.1) is 11.8 Å². The first-order valence-electron chi connectivity index (χ1n) is 8.94. The van der Waals surface area contributed by atoms with Gasteiger partial charge in [0.05, 0.1) is 12.6 Å². The summed E-state index contributed by atoms with van der Waals surface area (Å²) in [7, 11) is 0. The topological polar surface area (TPSA) is 188 Å². The Kier molecular flexibility index (Phi) is 10.8. The van der Waals surface area contributed by atoms with Gasteiger partial charge in [-0.1, -0.05) is 27.7 Å². The van der Waals surface area contributed by atoms with Crippen LogP contribution in [0.2, 0.25) is 0 Å². The molecule has 0 radical (unpaired) electrons. The molecule has 0 saturated carbocycles. The highest BCUT2D eigenvalue weighted by Crippen LogP contribution is 2.06. The van der Waals surface area contributed by atoms with Crippen LogP contribution in [-0.4, -0.2) is 64.5 Å². The van der Waals surface area contributed by atoms with Crippen molar-refractivity contribution in [3.8, 4) is 0 Å². The summed E-state index contributed by atoms with van der Waals surface area (Å²) >= 11 is 0. The maximum atomic E-state index is 12.4. The van der Waals surface area contributed by atoms with Gasteiger partial charge >= 0.3 is 11.9 Å². The molecule has 0 aromatic rings. The Balaban J connectivity index is 4.73. The molecule has 28 heavy (non-hydrogen) atoms. The largest absolute Gasteiger partial charge is 0.481 e. The first kappa shape index (κ1) is 25.3. The van der Waals surface area contributed by atoms with Gasteiger partial charge in [-0.05, 0) is 18.3 Å². The van der Waals surface area contributed by atoms with Crippen LogP contribution in [0.3, 0.4) is 0 Å². The van der Waals surface area contributed by atoms with Crippen LogP contribution in [0.1, 0.15) is 40.5 Å². The zero-order valence-corrected chi connectivity index (χ0v) is 16.5. The summed E-state index contributed by atoms with van der Waals surface area (Å²) in [6.07, 6.45) is -0.359. The summed E-state index contributed by atoms with van der Waals surface area (Å²) in [5.41, 5.74) is 5.53. The molecule has 0 bridgehead atoms. The lowest BCUT2D eigenvalue weighted by atomic mass is 10.0. The van der Waals surface area contributed by atoms with Gasteiger partial charge in [-0.3, -0.25) is 19.2 Å². The minimum absolute atomic E-state index is 0.0778. The van der Waals surface area contributed by atoms with E-state index in [0.717, 1.165) is 0 Å². The molecule has 0 rings (SSSR count). The standard InChI is InChI=1S/C17H30N4O7/c1-8(2)13(16(26)21-14(9(3)4)17(27)28)20-11(22)7-19-15(25)10(18)5-6-12(23)24/h8-10,13-14H,5-7,18H2,1-4H3,(H,19,25)(H,20,22)(H,21,26)(H,23,24)(H,27,28). The minimum atomic E-state index is -1.18. The van der Waals surface area contributed by atoms with Crippen molar-refractivity contribution in [3.63, 3.8) is 0 Å². The van der Waals surface area contributed by atoms with Gasteiger partial charge < -0.3 is 31.9 Å². The summed E-state index contributed by atoms with van der Waals surface area (Å²) in [6, 6.07) is -3.17. The smallest absolute Gasteiger partial charge is 0.326 e. The first-order chi connectivity index (χ1) is 12.9. The summed E-state index contributed by atoms with van der Waals surface area (Å²) in [4.78, 5) is 57.9. The fraction of sp³-hybridized carbons (Fsp3) is 0.706. The number of nitrogens with two attached hydrogens (primary N) is 1. The quantitative estimate of drug-likeness (QED) is 0.231. The molecule has 0 aromatic heterocycles. The van der Waals surface area contributed by atoms with Crippen LogP contribution < -0.4 is 21.7 Å². The lowest BCUT2D eigenvalue weighted by molar-refractivity contribution is -0.143. The minimum Gasteiger partial charge on any atom is -0.481 e. The van der Waals surface area contributed by atoms with Crippen molar-refractivity contribution in [1.82, 2.24) is 16.0 Å². The summed E-state index contributed by atoms with van der Waals surface area (Å²) in [5.74, 6) is -4.95. The third-order valence-electron chi connectivity index (χ3n) is 3.93. The molecule has 0 aromatic carbocycles. The van der Waals surface area contributed by atoms with E-state index in [0.29, 0.717) is 0 Å². The number of nitrogens with one attached hydrogen (secondary N) is 3. The van der Waals surface area contributed by atoms with Crippen LogP contribution >= 0.6 is 0 Å². The molecule has 0 fully saturated rings. The van der Waals surface area contributed by atoms with Crippen LogP contribution in [-0.2, 0) is 24.0 Å². The van der Waals surface area contributed by atoms with E-state index in [1.54, 1.807) is 27.7 Å². The predicted molar refractivity (Wildman–Crippen MR) is 99.0 cm³/mol. The highest BCUT2D eigenvalue weighted by atomic mass is 16.4. The molecule has 7 N–H and O–H groups in total. The van der Waals surface area contributed by atoms with E-state index in [4.69, 9.17) is 10.8 Å². The highest BCUT2D eigenvalue weighted by Gasteiger charge is 2.30. The van der Waals surface area contributed by atoms with Gasteiger partial charge in [0.15, 0.2) is 0 Å². The molecule has 0 heterocycles. The number of rotatable bonds is 12. The van der Waals surface area contributed by atoms with Crippen molar-refractivity contribution in [2.24, 2.45) is 17.6 Å². The second kappa shape index (κ2) is 11.9. The van der Waals surface area contributed by atoms with E-state index in [-0.39, 0.29) is 24.7 Å². The predicted octanol–water partition coefficient (Wildman–Crippen LogP) is -1.34. The van der Waals surface area contributed by atoms with Gasteiger partial charge in [-0.25, -0.2) is 4.79 Å². The van der Waals surface area contributed by atoms with Crippen LogP contribution in [0.15, 0.2) is 0 Å². The molecular formula is C17H30N4O7. The maximum absolute atomic E-state index is 12.4. The van der Waals surface area contributed by atoms with Gasteiger partial charge in [0.25, 0.3) is 0 Å². The third kappa shape index (κ3) is 9.31. The zero-order chi connectivity index (χ0) is 22.0. The summed E-state index contributed by atoms with van der Waals surface area (Å²) in [6.45, 7) is 6.19. The normalized spacial score (nSPS) is 14.1. The second-order valence-electron chi connectivity index (χ2n) is 7.11. The monoisotopic (exact) mass is 402 g/mol. The third-order valence-corrected chi connectivity index (χ3v) is 3.93. The van der Waals surface area contributed by atoms with Crippen molar-refractivity contribution in [2.45, 2.75) is 58.7 Å². The van der Waals surface area contributed by atoms with E-state index in [1.165, 1.54) is 0 Å². The lowest BCUT2D eigenvalue weighted by Crippen LogP contribution is -2.56. The molecule has 11 nitrogen and oxygen atoms in total. The van der Waals surface area contributed by atoms with Gasteiger partial charge in [-0.2, -0.15) is 0 Å². The molecule has 0 aliphatic rings. The molecule has 0 aliphatic heterocycles. The number of amides is 3. The number of carboxylic acids is 2. The van der Waals surface area contributed by atoms with Gasteiger partial charge in [0, 0.05) is 6.42 Å². The number of hydrogen-bond donors (Lipinski definition) is 6. The molecule has 3 atom stereocenters. The highest BCUT2D eigenvalue weighted by molar-refractivity contribution is 5.92. The van der Waals surface area contributed by atoms with E-state index >= 15 is 0 Å². The number of carbonyl (C=O) groups excluding carboxylic acids is 3. The molecule has 160 valence electrons. The fourth-order valence-corrected chi connectivity index (χ4v) is 2.22. The van der Waals surface area contributed by atoms with E-state index in [9.17, 15) is 29.1 Å². The Bertz CT molecular complexity index is 592. The van der Waals surface area contributed by atoms with Crippen molar-refractivity contribution < 1.29 is 34.2 Å². The fourth-order valence-electron chi connectivity index (χ4n) is 2.22. The summed E-state index contributed by atoms with van der Waals surface area (Å²) < 4.78 is 0. The van der Waals surface area contributed by atoms with Crippen molar-refractivity contribution in [1.29, 1.82) is 0 Å². The zero-order valence-electron chi connectivity index (χ0n) is 16.5. The number of carbonyl (C=O) groups is 5. The Hall–Kier alpha value is -2.69. The molecule has 3 unspecified atom stereocenters. The average Bonchev–Trinajstić information content (AvgIpc) is 2.58. The summed E-state index contributed by atoms with van der Waals surface area (Å²) in [5, 5.41) is 24.9. The van der Waals surface area contributed by atoms with E-state index in [2.05, 4.69) is 16.0 Å². The van der Waals surface area contributed by atoms with Crippen molar-refractivity contribution in [2.75, 3.05) is 6.54 Å². The average molecular weight is 402 g/mol. The Labute approximate surface area is 163 Å². The van der Waals surface area contributed by atoms with Crippen LogP contribution in [0.5, 0.6) is 0 Å². The molecule has 3 amide bonds. The second-order valence-corrected chi connectivity index (χ2v) is 7.11. The van der Waals surface area contributed by atoms with Crippen molar-refractivity contribution in [3.05, 3.63) is 0 Å². The van der Waals surface area contributed by atoms with E-state index in [1.807, 2.05) is 0 Å². The van der Waals surface area contributed by atoms with Gasteiger partial charge in [0.1, 0.15) is 12.1 Å². The Morgan fingerprint density at radius 1 is 0.857 bits per heavy atom. The van der Waals surface area contributed by atoms with Gasteiger partial charge in [0.2, 0.25) is 17.7 Å². The van der Waals surface area contributed by atoms with Crippen LogP contribution in [0.25, 0.3) is 0 Å². The first-order valence-corrected chi connectivity index (χ1v) is 8.94. The molecular weight excluding hydrogens is 372 g/mol. The Morgan fingerprint density at radius 2 is 1.39 bits per heavy atom. The van der Waals surface area contributed by atoms with Crippen LogP contribution in [0.4, 0.5) is 0 Å².